The van der Waals surface area contributed by atoms with Gasteiger partial charge in [0.15, 0.2) is 0 Å². The van der Waals surface area contributed by atoms with Gasteiger partial charge >= 0.3 is 0 Å². The van der Waals surface area contributed by atoms with Crippen molar-refractivity contribution in [3.63, 3.8) is 0 Å². The summed E-state index contributed by atoms with van der Waals surface area (Å²) in [7, 11) is 4.83. The second kappa shape index (κ2) is 8.66. The molecule has 2 aliphatic rings. The number of nitrogen functional groups attached to an aromatic ring is 1. The smallest absolute Gasteiger partial charge is 0.144 e. The Balaban J connectivity index is 1.27. The lowest BCUT2D eigenvalue weighted by molar-refractivity contribution is -0.0244. The van der Waals surface area contributed by atoms with E-state index in [1.165, 1.54) is 38.8 Å². The van der Waals surface area contributed by atoms with Crippen LogP contribution in [0.2, 0.25) is 5.02 Å². The molecule has 1 unspecified atom stereocenters. The zero-order valence-electron chi connectivity index (χ0n) is 18.3. The van der Waals surface area contributed by atoms with Gasteiger partial charge < -0.3 is 20.7 Å². The summed E-state index contributed by atoms with van der Waals surface area (Å²) in [6.45, 7) is 3.15. The molecule has 6 nitrogen and oxygen atoms in total. The standard InChI is InChI=1S/C24H29ClN5OP/c1-30-6-4-24(5-7-30)11-15(12-24)13-31-21-10-20-17(9-19(21)26)23(28-14-27-20)29-16-2-3-22(32)18(25)8-16/h2-3,8-10,14-15H,4-7,11-13,26,32H2,1H3,(H,27,28,29). The molecule has 1 saturated carbocycles. The number of benzene rings is 2. The van der Waals surface area contributed by atoms with Crippen LogP contribution in [0.25, 0.3) is 10.9 Å². The first kappa shape index (κ1) is 21.7. The van der Waals surface area contributed by atoms with E-state index in [4.69, 9.17) is 22.1 Å². The number of nitrogens with one attached hydrogen (secondary N) is 1. The number of fused-ring (bicyclic) bond motifs is 1. The van der Waals surface area contributed by atoms with Crippen LogP contribution in [0.5, 0.6) is 5.75 Å². The number of rotatable bonds is 5. The van der Waals surface area contributed by atoms with Crippen LogP contribution in [0.4, 0.5) is 17.2 Å². The van der Waals surface area contributed by atoms with Crippen molar-refractivity contribution >= 4 is 54.2 Å². The maximum Gasteiger partial charge on any atom is 0.144 e. The Morgan fingerprint density at radius 3 is 2.75 bits per heavy atom. The normalized spacial score (nSPS) is 18.6. The molecular formula is C24H29ClN5OP. The van der Waals surface area contributed by atoms with Crippen LogP contribution >= 0.6 is 20.8 Å². The molecule has 32 heavy (non-hydrogen) atoms. The lowest BCUT2D eigenvalue weighted by Crippen LogP contribution is -2.47. The summed E-state index contributed by atoms with van der Waals surface area (Å²) in [5.74, 6) is 1.99. The highest BCUT2D eigenvalue weighted by Crippen LogP contribution is 2.52. The number of hydrogen-bond donors (Lipinski definition) is 2. The van der Waals surface area contributed by atoms with E-state index >= 15 is 0 Å². The van der Waals surface area contributed by atoms with Gasteiger partial charge in [-0.25, -0.2) is 9.97 Å². The zero-order chi connectivity index (χ0) is 22.3. The zero-order valence-corrected chi connectivity index (χ0v) is 20.2. The first-order chi connectivity index (χ1) is 15.4. The summed E-state index contributed by atoms with van der Waals surface area (Å²) in [6.07, 6.45) is 6.71. The lowest BCUT2D eigenvalue weighted by Gasteiger charge is -2.51. The third-order valence-corrected chi connectivity index (χ3v) is 8.01. The van der Waals surface area contributed by atoms with Crippen molar-refractivity contribution in [1.82, 2.24) is 14.9 Å². The highest BCUT2D eigenvalue weighted by molar-refractivity contribution is 7.28. The second-order valence-electron chi connectivity index (χ2n) is 9.38. The minimum absolute atomic E-state index is 0.556. The summed E-state index contributed by atoms with van der Waals surface area (Å²) in [4.78, 5) is 11.3. The Morgan fingerprint density at radius 1 is 1.22 bits per heavy atom. The van der Waals surface area contributed by atoms with Crippen molar-refractivity contribution in [3.8, 4) is 5.75 Å². The van der Waals surface area contributed by atoms with Gasteiger partial charge in [0, 0.05) is 22.2 Å². The highest BCUT2D eigenvalue weighted by atomic mass is 35.5. The summed E-state index contributed by atoms with van der Waals surface area (Å²) >= 11 is 6.24. The van der Waals surface area contributed by atoms with Crippen molar-refractivity contribution < 1.29 is 4.74 Å². The van der Waals surface area contributed by atoms with Crippen molar-refractivity contribution in [2.75, 3.05) is 37.8 Å². The number of nitrogens with zero attached hydrogens (tertiary/aromatic N) is 3. The van der Waals surface area contributed by atoms with Gasteiger partial charge in [-0.1, -0.05) is 17.7 Å². The van der Waals surface area contributed by atoms with Crippen molar-refractivity contribution in [2.24, 2.45) is 11.3 Å². The van der Waals surface area contributed by atoms with Gasteiger partial charge in [-0.05, 0) is 80.7 Å². The van der Waals surface area contributed by atoms with Crippen molar-refractivity contribution in [3.05, 3.63) is 41.7 Å². The van der Waals surface area contributed by atoms with Gasteiger partial charge in [-0.2, -0.15) is 0 Å². The molecule has 2 heterocycles. The number of anilines is 3. The van der Waals surface area contributed by atoms with E-state index in [0.717, 1.165) is 21.9 Å². The molecule has 2 aromatic carbocycles. The van der Waals surface area contributed by atoms with Crippen LogP contribution < -0.4 is 21.1 Å². The maximum atomic E-state index is 6.35. The number of ether oxygens (including phenoxy) is 1. The molecule has 0 amide bonds. The topological polar surface area (TPSA) is 76.3 Å². The van der Waals surface area contributed by atoms with E-state index in [2.05, 4.69) is 36.5 Å². The Morgan fingerprint density at radius 2 is 2.00 bits per heavy atom. The Hall–Kier alpha value is -2.14. The summed E-state index contributed by atoms with van der Waals surface area (Å²) in [6, 6.07) is 9.57. The molecule has 0 bridgehead atoms. The van der Waals surface area contributed by atoms with Gasteiger partial charge in [-0.3, -0.25) is 0 Å². The average Bonchev–Trinajstić information content (AvgIpc) is 2.75. The van der Waals surface area contributed by atoms with Gasteiger partial charge in [0.25, 0.3) is 0 Å². The molecule has 8 heteroatoms. The van der Waals surface area contributed by atoms with Crippen LogP contribution in [0.3, 0.4) is 0 Å². The van der Waals surface area contributed by atoms with E-state index in [0.29, 0.717) is 40.2 Å². The molecular weight excluding hydrogens is 441 g/mol. The second-order valence-corrected chi connectivity index (χ2v) is 10.4. The summed E-state index contributed by atoms with van der Waals surface area (Å²) in [5.41, 5.74) is 9.15. The minimum Gasteiger partial charge on any atom is -0.491 e. The number of likely N-dealkylation sites (tertiary alicyclic amines) is 1. The van der Waals surface area contributed by atoms with Gasteiger partial charge in [0.1, 0.15) is 17.9 Å². The molecule has 1 atom stereocenters. The minimum atomic E-state index is 0.556. The predicted octanol–water partition coefficient (Wildman–Crippen LogP) is 4.61. The number of halogens is 1. The fourth-order valence-corrected chi connectivity index (χ4v) is 5.42. The first-order valence-electron chi connectivity index (χ1n) is 11.1. The van der Waals surface area contributed by atoms with Crippen molar-refractivity contribution in [2.45, 2.75) is 25.7 Å². The van der Waals surface area contributed by atoms with Crippen molar-refractivity contribution in [1.29, 1.82) is 0 Å². The summed E-state index contributed by atoms with van der Waals surface area (Å²) < 4.78 is 6.15. The number of hydrogen-bond acceptors (Lipinski definition) is 6. The highest BCUT2D eigenvalue weighted by Gasteiger charge is 2.45. The van der Waals surface area contributed by atoms with Crippen LogP contribution in [0, 0.1) is 11.3 Å². The van der Waals surface area contributed by atoms with Crippen LogP contribution in [-0.2, 0) is 0 Å². The third-order valence-electron chi connectivity index (χ3n) is 7.00. The van der Waals surface area contributed by atoms with Crippen LogP contribution in [-0.4, -0.2) is 41.6 Å². The SMILES string of the molecule is CN1CCC2(CC1)CC(COc1cc3ncnc(Nc4ccc(P)c(Cl)c4)c3cc1N)C2. The van der Waals surface area contributed by atoms with E-state index in [1.54, 1.807) is 6.33 Å². The largest absolute Gasteiger partial charge is 0.491 e. The predicted molar refractivity (Wildman–Crippen MR) is 135 cm³/mol. The lowest BCUT2D eigenvalue weighted by atomic mass is 9.58. The molecule has 1 aliphatic carbocycles. The molecule has 2 fully saturated rings. The van der Waals surface area contributed by atoms with Crippen LogP contribution in [0.1, 0.15) is 25.7 Å². The van der Waals surface area contributed by atoms with Gasteiger partial charge in [0.05, 0.1) is 17.8 Å². The number of aromatic nitrogens is 2. The molecule has 1 spiro atoms. The Bertz CT molecular complexity index is 1140. The maximum absolute atomic E-state index is 6.35. The monoisotopic (exact) mass is 469 g/mol. The Kier molecular flexibility index (Phi) is 5.87. The molecule has 3 N–H and O–H groups in total. The van der Waals surface area contributed by atoms with Gasteiger partial charge in [0.2, 0.25) is 0 Å². The molecule has 168 valence electrons. The van der Waals surface area contributed by atoms with Gasteiger partial charge in [-0.15, -0.1) is 9.24 Å². The quantitative estimate of drug-likeness (QED) is 0.420. The molecule has 1 saturated heterocycles. The third kappa shape index (κ3) is 4.36. The molecule has 0 radical (unpaired) electrons. The number of piperidine rings is 1. The molecule has 3 aromatic rings. The van der Waals surface area contributed by atoms with E-state index < -0.39 is 0 Å². The molecule has 1 aromatic heterocycles. The van der Waals surface area contributed by atoms with Crippen LogP contribution in [0.15, 0.2) is 36.7 Å². The average molecular weight is 470 g/mol. The van der Waals surface area contributed by atoms with E-state index in [-0.39, 0.29) is 0 Å². The molecule has 1 aliphatic heterocycles. The Labute approximate surface area is 196 Å². The van der Waals surface area contributed by atoms with E-state index in [1.807, 2.05) is 30.3 Å². The summed E-state index contributed by atoms with van der Waals surface area (Å²) in [5, 5.41) is 5.79. The fourth-order valence-electron chi connectivity index (χ4n) is 5.06. The number of nitrogens with two attached hydrogens (primary N) is 1. The molecule has 5 rings (SSSR count). The fraction of sp³-hybridized carbons (Fsp3) is 0.417. The van der Waals surface area contributed by atoms with E-state index in [9.17, 15) is 0 Å². The first-order valence-corrected chi connectivity index (χ1v) is 12.0.